The highest BCUT2D eigenvalue weighted by Gasteiger charge is 2.22. The second-order valence-corrected chi connectivity index (χ2v) is 5.81. The van der Waals surface area contributed by atoms with Crippen LogP contribution in [0.4, 0.5) is 0 Å². The van der Waals surface area contributed by atoms with Crippen molar-refractivity contribution in [3.63, 3.8) is 0 Å². The topological polar surface area (TPSA) is 34.4 Å². The minimum Gasteiger partial charge on any atom is -0.496 e. The zero-order valence-corrected chi connectivity index (χ0v) is 12.8. The minimum absolute atomic E-state index is 0.278. The molecule has 3 nitrogen and oxygen atoms in total. The Morgan fingerprint density at radius 1 is 1.33 bits per heavy atom. The summed E-state index contributed by atoms with van der Waals surface area (Å²) < 4.78 is 7.79. The van der Waals surface area contributed by atoms with Crippen LogP contribution in [-0.4, -0.2) is 16.8 Å². The molecule has 1 unspecified atom stereocenters. The first-order valence-corrected chi connectivity index (χ1v) is 7.69. The van der Waals surface area contributed by atoms with E-state index in [4.69, 9.17) is 4.74 Å². The monoisotopic (exact) mass is 285 g/mol. The molecular weight excluding hydrogens is 262 g/mol. The van der Waals surface area contributed by atoms with E-state index in [2.05, 4.69) is 29.7 Å². The van der Waals surface area contributed by atoms with Crippen LogP contribution >= 0.6 is 0 Å². The van der Waals surface area contributed by atoms with Crippen molar-refractivity contribution in [2.75, 3.05) is 7.11 Å². The average Bonchev–Trinajstić information content (AvgIpc) is 2.83. The fourth-order valence-electron chi connectivity index (χ4n) is 3.39. The highest BCUT2D eigenvalue weighted by atomic mass is 16.5. The van der Waals surface area contributed by atoms with Crippen molar-refractivity contribution in [3.8, 4) is 5.75 Å². The molecular formula is C18H23NO2. The summed E-state index contributed by atoms with van der Waals surface area (Å²) in [4.78, 5) is 0. The third kappa shape index (κ3) is 2.70. The summed E-state index contributed by atoms with van der Waals surface area (Å²) in [6.07, 6.45) is 3.71. The normalized spacial score (nSPS) is 17.6. The maximum absolute atomic E-state index is 10.1. The molecule has 1 atom stereocenters. The van der Waals surface area contributed by atoms with E-state index in [1.165, 1.54) is 17.0 Å². The van der Waals surface area contributed by atoms with Crippen molar-refractivity contribution in [3.05, 3.63) is 52.8 Å². The molecule has 0 amide bonds. The van der Waals surface area contributed by atoms with Gasteiger partial charge in [-0.15, -0.1) is 0 Å². The molecule has 21 heavy (non-hydrogen) atoms. The Balaban J connectivity index is 1.83. The molecule has 2 aromatic rings. The smallest absolute Gasteiger partial charge is 0.122 e. The average molecular weight is 285 g/mol. The number of hydrogen-bond donors (Lipinski definition) is 1. The molecule has 3 rings (SSSR count). The van der Waals surface area contributed by atoms with Crippen molar-refractivity contribution in [1.82, 2.24) is 4.57 Å². The maximum atomic E-state index is 10.1. The van der Waals surface area contributed by atoms with Gasteiger partial charge in [-0.2, -0.15) is 0 Å². The van der Waals surface area contributed by atoms with Gasteiger partial charge in [0.15, 0.2) is 0 Å². The lowest BCUT2D eigenvalue weighted by Crippen LogP contribution is -2.13. The summed E-state index contributed by atoms with van der Waals surface area (Å²) in [6.45, 7) is 3.07. The summed E-state index contributed by atoms with van der Waals surface area (Å²) in [6, 6.07) is 10.3. The number of benzene rings is 1. The van der Waals surface area contributed by atoms with Crippen LogP contribution < -0.4 is 4.74 Å². The zero-order valence-electron chi connectivity index (χ0n) is 12.8. The van der Waals surface area contributed by atoms with Crippen molar-refractivity contribution < 1.29 is 9.84 Å². The van der Waals surface area contributed by atoms with Gasteiger partial charge >= 0.3 is 0 Å². The van der Waals surface area contributed by atoms with Crippen LogP contribution in [-0.2, 0) is 19.4 Å². The zero-order chi connectivity index (χ0) is 14.8. The predicted molar refractivity (Wildman–Crippen MR) is 83.8 cm³/mol. The van der Waals surface area contributed by atoms with E-state index >= 15 is 0 Å². The van der Waals surface area contributed by atoms with E-state index in [1.807, 2.05) is 12.1 Å². The molecule has 1 aliphatic carbocycles. The number of aromatic nitrogens is 1. The standard InChI is InChI=1S/C18H23NO2/c1-13-12-15-16(7-5-8-17(15)20)19(13)11-10-14-6-3-4-9-18(14)21-2/h3-4,6,9,12,17,20H,5,7-8,10-11H2,1-2H3. The first kappa shape index (κ1) is 14.2. The number of methoxy groups -OCH3 is 1. The second kappa shape index (κ2) is 5.94. The molecule has 1 heterocycles. The van der Waals surface area contributed by atoms with E-state index in [1.54, 1.807) is 7.11 Å². The lowest BCUT2D eigenvalue weighted by molar-refractivity contribution is 0.155. The minimum atomic E-state index is -0.278. The highest BCUT2D eigenvalue weighted by Crippen LogP contribution is 2.32. The van der Waals surface area contributed by atoms with E-state index in [9.17, 15) is 5.11 Å². The summed E-state index contributed by atoms with van der Waals surface area (Å²) >= 11 is 0. The molecule has 112 valence electrons. The maximum Gasteiger partial charge on any atom is 0.122 e. The summed E-state index contributed by atoms with van der Waals surface area (Å²) in [5.41, 5.74) is 4.94. The van der Waals surface area contributed by atoms with E-state index in [-0.39, 0.29) is 6.10 Å². The predicted octanol–water partition coefficient (Wildman–Crippen LogP) is 3.42. The van der Waals surface area contributed by atoms with E-state index in [0.717, 1.165) is 43.5 Å². The fourth-order valence-corrected chi connectivity index (χ4v) is 3.39. The number of aliphatic hydroxyl groups is 1. The van der Waals surface area contributed by atoms with Crippen LogP contribution in [0, 0.1) is 6.92 Å². The first-order chi connectivity index (χ1) is 10.2. The van der Waals surface area contributed by atoms with Crippen molar-refractivity contribution in [2.45, 2.75) is 45.3 Å². The Kier molecular flexibility index (Phi) is 4.02. The third-order valence-electron chi connectivity index (χ3n) is 4.50. The van der Waals surface area contributed by atoms with Gasteiger partial charge < -0.3 is 14.4 Å². The number of aliphatic hydroxyl groups excluding tert-OH is 1. The third-order valence-corrected chi connectivity index (χ3v) is 4.50. The van der Waals surface area contributed by atoms with E-state index < -0.39 is 0 Å². The highest BCUT2D eigenvalue weighted by molar-refractivity contribution is 5.35. The number of ether oxygens (including phenoxy) is 1. The van der Waals surface area contributed by atoms with Gasteiger partial charge in [-0.1, -0.05) is 18.2 Å². The molecule has 1 N–H and O–H groups in total. The van der Waals surface area contributed by atoms with Gasteiger partial charge in [-0.05, 0) is 50.3 Å². The van der Waals surface area contributed by atoms with Crippen LogP contribution in [0.3, 0.4) is 0 Å². The molecule has 0 radical (unpaired) electrons. The molecule has 1 aromatic carbocycles. The number of rotatable bonds is 4. The number of nitrogens with zero attached hydrogens (tertiary/aromatic N) is 1. The van der Waals surface area contributed by atoms with Gasteiger partial charge in [0.25, 0.3) is 0 Å². The van der Waals surface area contributed by atoms with Crippen molar-refractivity contribution in [1.29, 1.82) is 0 Å². The van der Waals surface area contributed by atoms with Crippen molar-refractivity contribution >= 4 is 0 Å². The summed E-state index contributed by atoms with van der Waals surface area (Å²) in [5.74, 6) is 0.955. The first-order valence-electron chi connectivity index (χ1n) is 7.69. The molecule has 0 fully saturated rings. The molecule has 1 aromatic heterocycles. The molecule has 0 saturated carbocycles. The van der Waals surface area contributed by atoms with Crippen LogP contribution in [0.5, 0.6) is 5.75 Å². The lowest BCUT2D eigenvalue weighted by atomic mass is 9.95. The van der Waals surface area contributed by atoms with Crippen LogP contribution in [0.2, 0.25) is 0 Å². The Morgan fingerprint density at radius 3 is 2.95 bits per heavy atom. The molecule has 0 spiro atoms. The Hall–Kier alpha value is -1.74. The van der Waals surface area contributed by atoms with Gasteiger partial charge in [-0.3, -0.25) is 0 Å². The molecule has 0 saturated heterocycles. The SMILES string of the molecule is COc1ccccc1CCn1c(C)cc2c1CCCC2O. The van der Waals surface area contributed by atoms with E-state index in [0.29, 0.717) is 0 Å². The van der Waals surface area contributed by atoms with Crippen LogP contribution in [0.25, 0.3) is 0 Å². The van der Waals surface area contributed by atoms with Gasteiger partial charge in [0.05, 0.1) is 13.2 Å². The molecule has 3 heteroatoms. The largest absolute Gasteiger partial charge is 0.496 e. The van der Waals surface area contributed by atoms with Crippen LogP contribution in [0.15, 0.2) is 30.3 Å². The Bertz CT molecular complexity index is 630. The number of aryl methyl sites for hydroxylation is 2. The molecule has 0 aliphatic heterocycles. The quantitative estimate of drug-likeness (QED) is 0.934. The van der Waals surface area contributed by atoms with Gasteiger partial charge in [0.1, 0.15) is 5.75 Å². The van der Waals surface area contributed by atoms with Gasteiger partial charge in [-0.25, -0.2) is 0 Å². The van der Waals surface area contributed by atoms with Crippen LogP contribution in [0.1, 0.15) is 41.5 Å². The summed E-state index contributed by atoms with van der Waals surface area (Å²) in [5, 5.41) is 10.1. The Morgan fingerprint density at radius 2 is 2.14 bits per heavy atom. The number of fused-ring (bicyclic) bond motifs is 1. The number of hydrogen-bond acceptors (Lipinski definition) is 2. The second-order valence-electron chi connectivity index (χ2n) is 5.81. The molecule has 1 aliphatic rings. The van der Waals surface area contributed by atoms with Gasteiger partial charge in [0, 0.05) is 23.5 Å². The van der Waals surface area contributed by atoms with Gasteiger partial charge in [0.2, 0.25) is 0 Å². The summed E-state index contributed by atoms with van der Waals surface area (Å²) in [7, 11) is 1.72. The Labute approximate surface area is 126 Å². The molecule has 0 bridgehead atoms. The number of para-hydroxylation sites is 1. The fraction of sp³-hybridized carbons (Fsp3) is 0.444. The lowest BCUT2D eigenvalue weighted by Gasteiger charge is -2.20. The van der Waals surface area contributed by atoms with Crippen molar-refractivity contribution in [2.24, 2.45) is 0 Å².